The molecule has 0 aromatic heterocycles. The Labute approximate surface area is 214 Å². The SMILES string of the molecule is CCC[C@@H](C[C@@H]1CC[C@H]([C@@H](CC)[C@@H]2OS(=O)(=O)[C@H]3C[C@@H]4C=C[C@]3(O4)[C@H]2C)O1)O[Si](C)(C)C(C)(C)C. The van der Waals surface area contributed by atoms with Gasteiger partial charge in [0, 0.05) is 17.9 Å². The lowest BCUT2D eigenvalue weighted by atomic mass is 9.74. The van der Waals surface area contributed by atoms with Crippen molar-refractivity contribution in [2.45, 2.75) is 146 Å². The van der Waals surface area contributed by atoms with Crippen LogP contribution in [0.4, 0.5) is 0 Å². The molecule has 0 N–H and O–H groups in total. The molecule has 4 aliphatic heterocycles. The lowest BCUT2D eigenvalue weighted by Crippen LogP contribution is -2.60. The van der Waals surface area contributed by atoms with Gasteiger partial charge in [0.15, 0.2) is 8.32 Å². The fraction of sp³-hybridized carbons (Fsp3) is 0.926. The summed E-state index contributed by atoms with van der Waals surface area (Å²) in [6.07, 6.45) is 10.1. The normalized spacial score (nSPS) is 40.1. The van der Waals surface area contributed by atoms with E-state index in [2.05, 4.69) is 54.6 Å². The summed E-state index contributed by atoms with van der Waals surface area (Å²) < 4.78 is 51.9. The van der Waals surface area contributed by atoms with Crippen molar-refractivity contribution >= 4 is 18.4 Å². The number of hydrogen-bond acceptors (Lipinski definition) is 6. The van der Waals surface area contributed by atoms with Gasteiger partial charge in [-0.2, -0.15) is 8.42 Å². The molecule has 3 saturated heterocycles. The van der Waals surface area contributed by atoms with Crippen LogP contribution in [0.1, 0.15) is 86.5 Å². The third-order valence-corrected chi connectivity index (χ3v) is 15.9. The largest absolute Gasteiger partial charge is 0.414 e. The van der Waals surface area contributed by atoms with Crippen LogP contribution < -0.4 is 0 Å². The molecule has 3 fully saturated rings. The summed E-state index contributed by atoms with van der Waals surface area (Å²) in [5.74, 6) is -0.0233. The van der Waals surface area contributed by atoms with E-state index in [4.69, 9.17) is 18.1 Å². The van der Waals surface area contributed by atoms with Crippen LogP contribution in [0.25, 0.3) is 0 Å². The first-order valence-electron chi connectivity index (χ1n) is 13.9. The topological polar surface area (TPSA) is 71.1 Å². The Hall–Kier alpha value is -0.253. The van der Waals surface area contributed by atoms with Crippen LogP contribution in [0.15, 0.2) is 12.2 Å². The Bertz CT molecular complexity index is 896. The van der Waals surface area contributed by atoms with Gasteiger partial charge < -0.3 is 13.9 Å². The fourth-order valence-electron chi connectivity index (χ4n) is 6.57. The molecule has 8 heteroatoms. The van der Waals surface area contributed by atoms with Crippen molar-refractivity contribution in [1.82, 2.24) is 0 Å². The molecule has 0 aliphatic carbocycles. The third-order valence-electron chi connectivity index (χ3n) is 9.59. The average molecular weight is 529 g/mol. The first-order chi connectivity index (χ1) is 16.2. The zero-order valence-corrected chi connectivity index (χ0v) is 24.9. The summed E-state index contributed by atoms with van der Waals surface area (Å²) in [6, 6.07) is 0. The summed E-state index contributed by atoms with van der Waals surface area (Å²) in [7, 11) is -5.55. The van der Waals surface area contributed by atoms with E-state index >= 15 is 0 Å². The second-order valence-corrected chi connectivity index (χ2v) is 19.4. The van der Waals surface area contributed by atoms with E-state index in [-0.39, 0.29) is 41.3 Å². The van der Waals surface area contributed by atoms with Crippen LogP contribution in [-0.4, -0.2) is 58.1 Å². The van der Waals surface area contributed by atoms with E-state index in [9.17, 15) is 8.42 Å². The quantitative estimate of drug-likeness (QED) is 0.209. The number of rotatable bonds is 9. The zero-order chi connectivity index (χ0) is 25.8. The van der Waals surface area contributed by atoms with Crippen molar-refractivity contribution < 1.29 is 26.5 Å². The predicted octanol–water partition coefficient (Wildman–Crippen LogP) is 5.97. The van der Waals surface area contributed by atoms with Crippen molar-refractivity contribution in [2.75, 3.05) is 0 Å². The molecule has 6 nitrogen and oxygen atoms in total. The minimum absolute atomic E-state index is 0.00155. The summed E-state index contributed by atoms with van der Waals surface area (Å²) in [5, 5.41) is -0.410. The molecule has 4 aliphatic rings. The molecular formula is C27H48O6SSi. The third kappa shape index (κ3) is 5.09. The fourth-order valence-corrected chi connectivity index (χ4v) is 9.95. The molecule has 0 aromatic rings. The summed E-state index contributed by atoms with van der Waals surface area (Å²) in [4.78, 5) is 0. The highest BCUT2D eigenvalue weighted by Crippen LogP contribution is 2.54. The molecule has 35 heavy (non-hydrogen) atoms. The molecule has 9 atom stereocenters. The van der Waals surface area contributed by atoms with Crippen molar-refractivity contribution in [3.05, 3.63) is 12.2 Å². The molecule has 1 spiro atoms. The molecule has 0 unspecified atom stereocenters. The maximum absolute atomic E-state index is 13.1. The van der Waals surface area contributed by atoms with Crippen LogP contribution in [0, 0.1) is 11.8 Å². The van der Waals surface area contributed by atoms with Gasteiger partial charge in [0.2, 0.25) is 0 Å². The molecule has 0 aromatic carbocycles. The Morgan fingerprint density at radius 2 is 1.91 bits per heavy atom. The lowest BCUT2D eigenvalue weighted by Gasteiger charge is -2.47. The molecule has 2 bridgehead atoms. The van der Waals surface area contributed by atoms with Gasteiger partial charge in [0.1, 0.15) is 10.9 Å². The van der Waals surface area contributed by atoms with Gasteiger partial charge in [-0.1, -0.05) is 60.1 Å². The van der Waals surface area contributed by atoms with Gasteiger partial charge in [-0.15, -0.1) is 0 Å². The number of ether oxygens (including phenoxy) is 2. The Balaban J connectivity index is 1.45. The minimum Gasteiger partial charge on any atom is -0.414 e. The smallest absolute Gasteiger partial charge is 0.273 e. The van der Waals surface area contributed by atoms with Gasteiger partial charge in [-0.25, -0.2) is 0 Å². The highest BCUT2D eigenvalue weighted by molar-refractivity contribution is 7.87. The lowest BCUT2D eigenvalue weighted by molar-refractivity contribution is -0.102. The Kier molecular flexibility index (Phi) is 7.78. The first kappa shape index (κ1) is 27.8. The van der Waals surface area contributed by atoms with Gasteiger partial charge in [-0.05, 0) is 56.7 Å². The van der Waals surface area contributed by atoms with Crippen molar-refractivity contribution in [3.63, 3.8) is 0 Å². The molecular weight excluding hydrogens is 480 g/mol. The molecule has 0 saturated carbocycles. The van der Waals surface area contributed by atoms with Gasteiger partial charge >= 0.3 is 0 Å². The van der Waals surface area contributed by atoms with Crippen LogP contribution in [0.5, 0.6) is 0 Å². The highest BCUT2D eigenvalue weighted by atomic mass is 32.2. The molecule has 0 amide bonds. The first-order valence-corrected chi connectivity index (χ1v) is 18.2. The summed E-state index contributed by atoms with van der Waals surface area (Å²) in [6.45, 7) is 17.9. The molecule has 4 rings (SSSR count). The standard InChI is InChI=1S/C27H48O6SSi/c1-9-11-21(33-35(7,8)26(4,5)6)16-19-12-13-23(30-19)22(10-2)25-18(3)27-15-14-20(31-27)17-24(27)34(28,29)32-25/h14-15,18-25H,9-13,16-17H2,1-8H3/t18-,19-,20-,21-,22+,23+,24-,25+,27-/m0/s1. The van der Waals surface area contributed by atoms with E-state index in [0.717, 1.165) is 38.5 Å². The Morgan fingerprint density at radius 3 is 2.51 bits per heavy atom. The van der Waals surface area contributed by atoms with E-state index < -0.39 is 35.4 Å². The number of fused-ring (bicyclic) bond motifs is 1. The number of hydrogen-bond donors (Lipinski definition) is 0. The zero-order valence-electron chi connectivity index (χ0n) is 23.1. The maximum Gasteiger partial charge on any atom is 0.273 e. The van der Waals surface area contributed by atoms with Crippen molar-refractivity contribution in [2.24, 2.45) is 11.8 Å². The second-order valence-electron chi connectivity index (χ2n) is 12.9. The molecule has 202 valence electrons. The van der Waals surface area contributed by atoms with E-state index in [1.165, 1.54) is 0 Å². The van der Waals surface area contributed by atoms with Gasteiger partial charge in [-0.3, -0.25) is 4.18 Å². The Morgan fingerprint density at radius 1 is 1.20 bits per heavy atom. The second kappa shape index (κ2) is 9.81. The molecule has 4 heterocycles. The van der Waals surface area contributed by atoms with Crippen LogP contribution in [0.2, 0.25) is 18.1 Å². The van der Waals surface area contributed by atoms with Crippen molar-refractivity contribution in [1.29, 1.82) is 0 Å². The van der Waals surface area contributed by atoms with E-state index in [0.29, 0.717) is 6.42 Å². The summed E-state index contributed by atoms with van der Waals surface area (Å²) >= 11 is 0. The van der Waals surface area contributed by atoms with E-state index in [1.54, 1.807) is 0 Å². The maximum atomic E-state index is 13.1. The predicted molar refractivity (Wildman–Crippen MR) is 141 cm³/mol. The van der Waals surface area contributed by atoms with Gasteiger partial charge in [0.05, 0.1) is 24.4 Å². The van der Waals surface area contributed by atoms with Crippen LogP contribution in [-0.2, 0) is 28.2 Å². The van der Waals surface area contributed by atoms with Crippen molar-refractivity contribution in [3.8, 4) is 0 Å². The minimum atomic E-state index is -3.69. The molecule has 0 radical (unpaired) electrons. The monoisotopic (exact) mass is 528 g/mol. The van der Waals surface area contributed by atoms with Gasteiger partial charge in [0.25, 0.3) is 10.1 Å². The van der Waals surface area contributed by atoms with Crippen LogP contribution >= 0.6 is 0 Å². The average Bonchev–Trinajstić information content (AvgIpc) is 3.47. The van der Waals surface area contributed by atoms with E-state index in [1.807, 2.05) is 12.2 Å². The van der Waals surface area contributed by atoms with Crippen LogP contribution in [0.3, 0.4) is 0 Å². The summed E-state index contributed by atoms with van der Waals surface area (Å²) in [5.41, 5.74) is -0.749. The highest BCUT2D eigenvalue weighted by Gasteiger charge is 2.65.